The molecule has 0 saturated carbocycles. The van der Waals surface area contributed by atoms with E-state index in [1.54, 1.807) is 0 Å². The van der Waals surface area contributed by atoms with Gasteiger partial charge in [0, 0.05) is 5.92 Å². The Morgan fingerprint density at radius 3 is 2.80 bits per heavy atom. The quantitative estimate of drug-likeness (QED) is 0.721. The van der Waals surface area contributed by atoms with Crippen LogP contribution in [0.25, 0.3) is 0 Å². The van der Waals surface area contributed by atoms with E-state index in [-0.39, 0.29) is 30.6 Å². The Morgan fingerprint density at radius 2 is 2.15 bits per heavy atom. The van der Waals surface area contributed by atoms with Crippen molar-refractivity contribution in [1.82, 2.24) is 0 Å². The van der Waals surface area contributed by atoms with Crippen LogP contribution in [0.5, 0.6) is 0 Å². The number of rotatable bonds is 2. The first-order valence-electron chi connectivity index (χ1n) is 7.22. The minimum Gasteiger partial charge on any atom is -0.465 e. The fraction of sp³-hybridized carbons (Fsp3) is 0.867. The van der Waals surface area contributed by atoms with Crippen LogP contribution in [-0.4, -0.2) is 36.9 Å². The lowest BCUT2D eigenvalue weighted by molar-refractivity contribution is -0.164. The molecule has 0 unspecified atom stereocenters. The van der Waals surface area contributed by atoms with E-state index in [9.17, 15) is 9.59 Å². The number of carbonyl (C=O) groups excluding carboxylic acids is 2. The maximum Gasteiger partial charge on any atom is 0.314 e. The molecular weight excluding hydrogens is 260 g/mol. The van der Waals surface area contributed by atoms with Crippen LogP contribution in [0, 0.1) is 16.7 Å². The van der Waals surface area contributed by atoms with Crippen molar-refractivity contribution in [3.8, 4) is 0 Å². The topological polar surface area (TPSA) is 61.8 Å². The number of hydrogen-bond donors (Lipinski definition) is 0. The molecule has 0 radical (unpaired) electrons. The van der Waals surface area contributed by atoms with E-state index < -0.39 is 16.4 Å². The Hall–Kier alpha value is -1.10. The minimum atomic E-state index is -0.563. The van der Waals surface area contributed by atoms with E-state index in [0.717, 1.165) is 12.8 Å². The summed E-state index contributed by atoms with van der Waals surface area (Å²) < 4.78 is 16.8. The number of carbonyl (C=O) groups is 2. The first-order chi connectivity index (χ1) is 9.20. The lowest BCUT2D eigenvalue weighted by atomic mass is 9.64. The molecule has 0 aromatic heterocycles. The lowest BCUT2D eigenvalue weighted by Gasteiger charge is -2.34. The van der Waals surface area contributed by atoms with Gasteiger partial charge in [-0.3, -0.25) is 9.59 Å². The summed E-state index contributed by atoms with van der Waals surface area (Å²) in [5.41, 5.74) is -1.63. The largest absolute Gasteiger partial charge is 0.465 e. The summed E-state index contributed by atoms with van der Waals surface area (Å²) in [5.74, 6) is -0.414. The molecule has 3 saturated heterocycles. The summed E-state index contributed by atoms with van der Waals surface area (Å²) >= 11 is 0. The SMILES string of the molecule is CC(C)(C)C(=O)OC[C@@]12CC[C@@H](O1)[C@@]1(C)C(=O)OC[C@@H]21. The van der Waals surface area contributed by atoms with Crippen LogP contribution in [0.15, 0.2) is 0 Å². The van der Waals surface area contributed by atoms with Crippen LogP contribution in [0.1, 0.15) is 40.5 Å². The molecule has 3 heterocycles. The fourth-order valence-electron chi connectivity index (χ4n) is 3.75. The number of cyclic esters (lactones) is 1. The van der Waals surface area contributed by atoms with Gasteiger partial charge in [0.15, 0.2) is 0 Å². The van der Waals surface area contributed by atoms with E-state index in [0.29, 0.717) is 6.61 Å². The van der Waals surface area contributed by atoms with Crippen LogP contribution in [0.2, 0.25) is 0 Å². The zero-order valence-corrected chi connectivity index (χ0v) is 12.5. The number of hydrogen-bond acceptors (Lipinski definition) is 5. The first kappa shape index (κ1) is 13.9. The van der Waals surface area contributed by atoms with Crippen LogP contribution < -0.4 is 0 Å². The Kier molecular flexibility index (Phi) is 2.75. The average Bonchev–Trinajstić information content (AvgIpc) is 2.97. The molecule has 3 aliphatic rings. The van der Waals surface area contributed by atoms with Gasteiger partial charge in [0.1, 0.15) is 17.6 Å². The van der Waals surface area contributed by atoms with Crippen molar-refractivity contribution in [2.45, 2.75) is 52.2 Å². The van der Waals surface area contributed by atoms with Gasteiger partial charge in [-0.05, 0) is 40.5 Å². The van der Waals surface area contributed by atoms with Gasteiger partial charge in [-0.1, -0.05) is 0 Å². The molecule has 0 spiro atoms. The van der Waals surface area contributed by atoms with Crippen molar-refractivity contribution in [3.05, 3.63) is 0 Å². The van der Waals surface area contributed by atoms with Gasteiger partial charge in [-0.15, -0.1) is 0 Å². The molecule has 0 amide bonds. The molecule has 4 atom stereocenters. The highest BCUT2D eigenvalue weighted by molar-refractivity contribution is 5.81. The van der Waals surface area contributed by atoms with Crippen molar-refractivity contribution in [3.63, 3.8) is 0 Å². The van der Waals surface area contributed by atoms with E-state index >= 15 is 0 Å². The highest BCUT2D eigenvalue weighted by Crippen LogP contribution is 2.61. The summed E-state index contributed by atoms with van der Waals surface area (Å²) in [6, 6.07) is 0. The van der Waals surface area contributed by atoms with Gasteiger partial charge in [-0.25, -0.2) is 0 Å². The zero-order valence-electron chi connectivity index (χ0n) is 12.5. The van der Waals surface area contributed by atoms with E-state index in [4.69, 9.17) is 14.2 Å². The van der Waals surface area contributed by atoms with E-state index in [1.165, 1.54) is 0 Å². The second-order valence-electron chi connectivity index (χ2n) is 7.47. The highest BCUT2D eigenvalue weighted by atomic mass is 16.6. The maximum absolute atomic E-state index is 12.0. The Balaban J connectivity index is 1.77. The molecule has 3 rings (SSSR count). The van der Waals surface area contributed by atoms with Crippen LogP contribution in [0.3, 0.4) is 0 Å². The standard InChI is InChI=1S/C15H22O5/c1-13(2,3)11(16)19-8-15-6-5-10(20-15)14(4)9(15)7-18-12(14)17/h9-10H,5-8H2,1-4H3/t9-,10-,14+,15-/m1/s1. The molecule has 0 aliphatic carbocycles. The summed E-state index contributed by atoms with van der Waals surface area (Å²) in [6.45, 7) is 7.99. The van der Waals surface area contributed by atoms with Crippen molar-refractivity contribution >= 4 is 11.9 Å². The Morgan fingerprint density at radius 1 is 1.45 bits per heavy atom. The molecule has 112 valence electrons. The van der Waals surface area contributed by atoms with Crippen molar-refractivity contribution in [1.29, 1.82) is 0 Å². The predicted molar refractivity (Wildman–Crippen MR) is 69.8 cm³/mol. The van der Waals surface area contributed by atoms with Gasteiger partial charge in [0.25, 0.3) is 0 Å². The lowest BCUT2D eigenvalue weighted by Crippen LogP contribution is -2.47. The molecular formula is C15H22O5. The molecule has 5 heteroatoms. The fourth-order valence-corrected chi connectivity index (χ4v) is 3.75. The third-order valence-corrected chi connectivity index (χ3v) is 5.12. The molecule has 0 aromatic rings. The van der Waals surface area contributed by atoms with Gasteiger partial charge < -0.3 is 14.2 Å². The summed E-state index contributed by atoms with van der Waals surface area (Å²) in [6.07, 6.45) is 1.55. The first-order valence-corrected chi connectivity index (χ1v) is 7.22. The van der Waals surface area contributed by atoms with Crippen molar-refractivity contribution in [2.24, 2.45) is 16.7 Å². The van der Waals surface area contributed by atoms with Crippen molar-refractivity contribution < 1.29 is 23.8 Å². The van der Waals surface area contributed by atoms with Gasteiger partial charge >= 0.3 is 11.9 Å². The Labute approximate surface area is 118 Å². The van der Waals surface area contributed by atoms with E-state index in [2.05, 4.69) is 0 Å². The third-order valence-electron chi connectivity index (χ3n) is 5.12. The zero-order chi connectivity index (χ0) is 14.8. The number of fused-ring (bicyclic) bond motifs is 5. The molecule has 3 aliphatic heterocycles. The average molecular weight is 282 g/mol. The highest BCUT2D eigenvalue weighted by Gasteiger charge is 2.72. The minimum absolute atomic E-state index is 0.00554. The molecule has 0 N–H and O–H groups in total. The second-order valence-corrected chi connectivity index (χ2v) is 7.47. The molecule has 20 heavy (non-hydrogen) atoms. The second kappa shape index (κ2) is 3.97. The van der Waals surface area contributed by atoms with Crippen molar-refractivity contribution in [2.75, 3.05) is 13.2 Å². The van der Waals surface area contributed by atoms with E-state index in [1.807, 2.05) is 27.7 Å². The summed E-state index contributed by atoms with van der Waals surface area (Å²) in [5, 5.41) is 0. The molecule has 0 aromatic carbocycles. The monoisotopic (exact) mass is 282 g/mol. The number of ether oxygens (including phenoxy) is 3. The predicted octanol–water partition coefficient (Wildman–Crippen LogP) is 1.69. The van der Waals surface area contributed by atoms with Gasteiger partial charge in [0.2, 0.25) is 0 Å². The molecule has 5 nitrogen and oxygen atoms in total. The summed E-state index contributed by atoms with van der Waals surface area (Å²) in [7, 11) is 0. The van der Waals surface area contributed by atoms with Gasteiger partial charge in [-0.2, -0.15) is 0 Å². The normalized spacial score (nSPS) is 42.5. The van der Waals surface area contributed by atoms with Gasteiger partial charge in [0.05, 0.1) is 18.1 Å². The van der Waals surface area contributed by atoms with Crippen LogP contribution in [0.4, 0.5) is 0 Å². The van der Waals surface area contributed by atoms with Crippen LogP contribution >= 0.6 is 0 Å². The number of esters is 2. The third kappa shape index (κ3) is 1.65. The Bertz CT molecular complexity index is 465. The molecule has 2 bridgehead atoms. The smallest absolute Gasteiger partial charge is 0.314 e. The maximum atomic E-state index is 12.0. The summed E-state index contributed by atoms with van der Waals surface area (Å²) in [4.78, 5) is 24.0. The van der Waals surface area contributed by atoms with Crippen LogP contribution in [-0.2, 0) is 23.8 Å². The molecule has 3 fully saturated rings.